The highest BCUT2D eigenvalue weighted by Crippen LogP contribution is 2.80. The van der Waals surface area contributed by atoms with Gasteiger partial charge in [0, 0.05) is 64.4 Å². The lowest BCUT2D eigenvalue weighted by Gasteiger charge is -2.71. The number of hydrogen-bond donors (Lipinski definition) is 4. The number of esters is 1. The summed E-state index contributed by atoms with van der Waals surface area (Å²) >= 11 is 0. The van der Waals surface area contributed by atoms with Gasteiger partial charge in [-0.2, -0.15) is 0 Å². The van der Waals surface area contributed by atoms with E-state index in [4.69, 9.17) is 18.9 Å². The molecule has 1 saturated heterocycles. The van der Waals surface area contributed by atoms with Gasteiger partial charge in [-0.1, -0.05) is 19.1 Å². The molecule has 1 aromatic carbocycles. The first-order chi connectivity index (χ1) is 20.4. The van der Waals surface area contributed by atoms with Crippen molar-refractivity contribution in [3.05, 3.63) is 29.8 Å². The van der Waals surface area contributed by atoms with Gasteiger partial charge < -0.3 is 39.6 Å². The number of hydrogen-bond acceptors (Lipinski definition) is 10. The van der Waals surface area contributed by atoms with E-state index in [2.05, 4.69) is 10.2 Å². The quantitative estimate of drug-likeness (QED) is 0.338. The molecule has 6 fully saturated rings. The number of anilines is 1. The van der Waals surface area contributed by atoms with Gasteiger partial charge in [-0.3, -0.25) is 9.69 Å². The standard InChI is InChI=1S/C32H44N2O9/c1-6-34-16-28(43-26(36)18-9-7-8-10-20(18)33-17(2)35)12-11-24(41-4)31-22-13-19-21(40-3)14-30(38,32(22,39)25(19)42-5)29(37,27(31)34)15-23(28)31/h7-10,19,21-25,27,37-39H,6,11-16H2,1-5H3,(H,33,35)/t19-,21+,22+,23+,24+,25-,27-,28+,29-,30-,31-,32-/m1/s1. The maximum Gasteiger partial charge on any atom is 0.340 e. The van der Waals surface area contributed by atoms with Gasteiger partial charge in [0.1, 0.15) is 22.4 Å². The summed E-state index contributed by atoms with van der Waals surface area (Å²) in [6.07, 6.45) is 0.245. The van der Waals surface area contributed by atoms with Crippen LogP contribution in [0, 0.1) is 23.2 Å². The van der Waals surface area contributed by atoms with Gasteiger partial charge in [-0.15, -0.1) is 0 Å². The molecule has 11 heteroatoms. The van der Waals surface area contributed by atoms with Crippen LogP contribution < -0.4 is 5.32 Å². The molecule has 11 nitrogen and oxygen atoms in total. The van der Waals surface area contributed by atoms with E-state index < -0.39 is 63.9 Å². The van der Waals surface area contributed by atoms with Crippen molar-refractivity contribution in [2.24, 2.45) is 23.2 Å². The van der Waals surface area contributed by atoms with Crippen molar-refractivity contribution in [3.63, 3.8) is 0 Å². The number of aliphatic hydroxyl groups is 3. The Morgan fingerprint density at radius 3 is 2.44 bits per heavy atom. The van der Waals surface area contributed by atoms with Gasteiger partial charge in [-0.25, -0.2) is 4.79 Å². The second-order valence-corrected chi connectivity index (χ2v) is 13.9. The van der Waals surface area contributed by atoms with Gasteiger partial charge in [-0.05, 0) is 44.4 Å². The fraction of sp³-hybridized carbons (Fsp3) is 0.750. The molecule has 0 aromatic heterocycles. The Balaban J connectivity index is 1.41. The lowest BCUT2D eigenvalue weighted by Crippen LogP contribution is -2.87. The highest BCUT2D eigenvalue weighted by molar-refractivity contribution is 6.00. The van der Waals surface area contributed by atoms with Crippen molar-refractivity contribution in [1.82, 2.24) is 4.90 Å². The van der Waals surface area contributed by atoms with Gasteiger partial charge in [0.05, 0.1) is 35.6 Å². The Morgan fingerprint density at radius 2 is 1.79 bits per heavy atom. The van der Waals surface area contributed by atoms with E-state index in [0.29, 0.717) is 38.0 Å². The molecule has 1 aliphatic heterocycles. The topological polar surface area (TPSA) is 147 Å². The lowest BCUT2D eigenvalue weighted by atomic mass is 9.43. The van der Waals surface area contributed by atoms with Crippen molar-refractivity contribution in [2.75, 3.05) is 39.7 Å². The smallest absolute Gasteiger partial charge is 0.340 e. The molecule has 4 N–H and O–H groups in total. The Kier molecular flexibility index (Phi) is 6.50. The predicted octanol–water partition coefficient (Wildman–Crippen LogP) is 1.34. The van der Waals surface area contributed by atoms with Crippen LogP contribution in [0.2, 0.25) is 0 Å². The molecule has 5 aliphatic carbocycles. The molecule has 0 unspecified atom stereocenters. The van der Waals surface area contributed by atoms with Gasteiger partial charge in [0.25, 0.3) is 0 Å². The van der Waals surface area contributed by atoms with E-state index in [1.165, 1.54) is 6.92 Å². The number of piperidine rings is 1. The molecule has 7 rings (SSSR count). The number of carbonyl (C=O) groups is 2. The highest BCUT2D eigenvalue weighted by Gasteiger charge is 2.93. The Hall–Kier alpha value is -2.12. The van der Waals surface area contributed by atoms with Gasteiger partial charge in [0.15, 0.2) is 0 Å². The van der Waals surface area contributed by atoms with Crippen molar-refractivity contribution in [2.45, 2.75) is 92.7 Å². The maximum absolute atomic E-state index is 14.0. The van der Waals surface area contributed by atoms with Crippen LogP contribution in [0.25, 0.3) is 0 Å². The minimum absolute atomic E-state index is 0.0723. The van der Waals surface area contributed by atoms with E-state index in [1.54, 1.807) is 45.6 Å². The largest absolute Gasteiger partial charge is 0.454 e. The summed E-state index contributed by atoms with van der Waals surface area (Å²) in [6, 6.07) is 6.23. The molecule has 0 radical (unpaired) electrons. The van der Waals surface area contributed by atoms with Crippen LogP contribution in [0.5, 0.6) is 0 Å². The number of fused-ring (bicyclic) bond motifs is 2. The van der Waals surface area contributed by atoms with Crippen LogP contribution in [0.4, 0.5) is 5.69 Å². The molecule has 12 atom stereocenters. The second kappa shape index (κ2) is 9.45. The van der Waals surface area contributed by atoms with Crippen molar-refractivity contribution >= 4 is 17.6 Å². The summed E-state index contributed by atoms with van der Waals surface area (Å²) in [5.41, 5.74) is -6.72. The van der Waals surface area contributed by atoms with E-state index in [9.17, 15) is 24.9 Å². The first-order valence-corrected chi connectivity index (χ1v) is 15.5. The number of nitrogens with zero attached hydrogens (tertiary/aromatic N) is 1. The third-order valence-corrected chi connectivity index (χ3v) is 12.7. The van der Waals surface area contributed by atoms with E-state index in [0.717, 1.165) is 0 Å². The molecule has 43 heavy (non-hydrogen) atoms. The maximum atomic E-state index is 14.0. The fourth-order valence-corrected chi connectivity index (χ4v) is 11.6. The van der Waals surface area contributed by atoms with Crippen LogP contribution >= 0.6 is 0 Å². The molecule has 1 aromatic rings. The van der Waals surface area contributed by atoms with Crippen LogP contribution in [0.3, 0.4) is 0 Å². The molecule has 1 spiro atoms. The number of nitrogens with one attached hydrogen (secondary N) is 1. The number of amides is 1. The minimum Gasteiger partial charge on any atom is -0.454 e. The van der Waals surface area contributed by atoms with E-state index in [1.807, 2.05) is 6.92 Å². The average Bonchev–Trinajstić information content (AvgIpc) is 3.36. The first-order valence-electron chi connectivity index (χ1n) is 15.5. The summed E-state index contributed by atoms with van der Waals surface area (Å²) < 4.78 is 24.8. The summed E-state index contributed by atoms with van der Waals surface area (Å²) in [4.78, 5) is 28.1. The van der Waals surface area contributed by atoms with Gasteiger partial charge in [0.2, 0.25) is 5.91 Å². The van der Waals surface area contributed by atoms with E-state index >= 15 is 0 Å². The Labute approximate surface area is 251 Å². The zero-order chi connectivity index (χ0) is 30.7. The SMILES string of the molecule is CCN1C[C@@]2(OC(=O)c3ccccc3NC(C)=O)CC[C@H](OC)[C@@]34[C@H]2C[C@@](O)([C@@H]13)[C@]1(O)C[C@H](OC)[C@H]2C[C@@H]4[C@@]1(O)[C@@H]2OC. The van der Waals surface area contributed by atoms with Gasteiger partial charge >= 0.3 is 5.97 Å². The predicted molar refractivity (Wildman–Crippen MR) is 153 cm³/mol. The van der Waals surface area contributed by atoms with Crippen molar-refractivity contribution in [1.29, 1.82) is 0 Å². The van der Waals surface area contributed by atoms with Crippen molar-refractivity contribution in [3.8, 4) is 0 Å². The molecule has 236 valence electrons. The molecule has 7 bridgehead atoms. The second-order valence-electron chi connectivity index (χ2n) is 13.9. The number of ether oxygens (including phenoxy) is 4. The lowest BCUT2D eigenvalue weighted by molar-refractivity contribution is -0.369. The number of para-hydroxylation sites is 1. The zero-order valence-electron chi connectivity index (χ0n) is 25.5. The fourth-order valence-electron chi connectivity index (χ4n) is 11.6. The average molecular weight is 601 g/mol. The first kappa shape index (κ1) is 29.6. The summed E-state index contributed by atoms with van der Waals surface area (Å²) in [5.74, 6) is -1.97. The normalized spacial score (nSPS) is 49.1. The molecular formula is C32H44N2O9. The number of likely N-dealkylation sites (N-methyl/N-ethyl adjacent to an activating group) is 1. The third-order valence-electron chi connectivity index (χ3n) is 12.7. The van der Waals surface area contributed by atoms with E-state index in [-0.39, 0.29) is 36.3 Å². The molecule has 1 amide bonds. The zero-order valence-corrected chi connectivity index (χ0v) is 25.5. The number of rotatable bonds is 7. The summed E-state index contributed by atoms with van der Waals surface area (Å²) in [5, 5.41) is 41.5. The third kappa shape index (κ3) is 3.24. The number of methoxy groups -OCH3 is 3. The Bertz CT molecular complexity index is 1340. The monoisotopic (exact) mass is 600 g/mol. The number of likely N-dealkylation sites (tertiary alicyclic amines) is 1. The van der Waals surface area contributed by atoms with Crippen LogP contribution in [-0.2, 0) is 23.7 Å². The summed E-state index contributed by atoms with van der Waals surface area (Å²) in [7, 11) is 4.82. The molecule has 5 saturated carbocycles. The number of benzene rings is 1. The van der Waals surface area contributed by atoms with Crippen LogP contribution in [-0.4, -0.2) is 113 Å². The highest BCUT2D eigenvalue weighted by atomic mass is 16.6. The molecular weight excluding hydrogens is 556 g/mol. The van der Waals surface area contributed by atoms with Crippen molar-refractivity contribution < 1.29 is 43.9 Å². The Morgan fingerprint density at radius 1 is 1.05 bits per heavy atom. The number of carbonyl (C=O) groups excluding carboxylic acids is 2. The van der Waals surface area contributed by atoms with Crippen LogP contribution in [0.1, 0.15) is 56.3 Å². The summed E-state index contributed by atoms with van der Waals surface area (Å²) in [6.45, 7) is 4.30. The molecule has 6 aliphatic rings. The van der Waals surface area contributed by atoms with Crippen LogP contribution in [0.15, 0.2) is 24.3 Å². The minimum atomic E-state index is -1.93. The molecule has 1 heterocycles.